The maximum atomic E-state index is 13.2. The van der Waals surface area contributed by atoms with Crippen LogP contribution in [0.5, 0.6) is 11.6 Å². The van der Waals surface area contributed by atoms with Crippen LogP contribution < -0.4 is 15.6 Å². The number of carbonyl (C=O) groups excluding carboxylic acids is 1. The van der Waals surface area contributed by atoms with Gasteiger partial charge in [0.05, 0.1) is 11.8 Å². The van der Waals surface area contributed by atoms with Gasteiger partial charge in [-0.25, -0.2) is 0 Å². The zero-order chi connectivity index (χ0) is 41.0. The van der Waals surface area contributed by atoms with Gasteiger partial charge in [-0.15, -0.1) is 5.11 Å². The molecule has 4 rings (SSSR count). The quantitative estimate of drug-likeness (QED) is 0.0382. The van der Waals surface area contributed by atoms with Gasteiger partial charge in [-0.1, -0.05) is 108 Å². The highest BCUT2D eigenvalue weighted by Gasteiger charge is 2.19. The normalized spacial score (nSPS) is 12.5. The van der Waals surface area contributed by atoms with E-state index in [4.69, 9.17) is 18.9 Å². The van der Waals surface area contributed by atoms with Crippen molar-refractivity contribution in [3.8, 4) is 17.7 Å². The topological polar surface area (TPSA) is 157 Å². The maximum absolute atomic E-state index is 13.2. The van der Waals surface area contributed by atoms with Crippen molar-refractivity contribution in [1.29, 1.82) is 5.26 Å². The molecule has 0 saturated heterocycles. The number of aromatic nitrogens is 1. The molecule has 1 aromatic heterocycles. The number of pyridine rings is 1. The van der Waals surface area contributed by atoms with Crippen molar-refractivity contribution in [3.63, 3.8) is 0 Å². The summed E-state index contributed by atoms with van der Waals surface area (Å²) in [6, 6.07) is 20.3. The van der Waals surface area contributed by atoms with Gasteiger partial charge in [-0.3, -0.25) is 14.2 Å². The summed E-state index contributed by atoms with van der Waals surface area (Å²) in [7, 11) is 3.08. The smallest absolute Gasteiger partial charge is 0.281 e. The van der Waals surface area contributed by atoms with Gasteiger partial charge in [0, 0.05) is 55.5 Å². The Labute approximate surface area is 336 Å². The summed E-state index contributed by atoms with van der Waals surface area (Å²) in [6.45, 7) is 6.08. The molecule has 0 saturated carbocycles. The molecule has 0 radical (unpaired) electrons. The number of carbonyl (C=O) groups is 1. The predicted octanol–water partition coefficient (Wildman–Crippen LogP) is 11.0. The fourth-order valence-corrected chi connectivity index (χ4v) is 6.63. The first kappa shape index (κ1) is 44.6. The number of unbranched alkanes of at least 4 members (excludes halogenated alkanes) is 9. The van der Waals surface area contributed by atoms with Crippen molar-refractivity contribution in [1.82, 2.24) is 4.57 Å². The molecule has 0 aliphatic carbocycles. The van der Waals surface area contributed by atoms with E-state index in [-0.39, 0.29) is 35.6 Å². The van der Waals surface area contributed by atoms with Crippen molar-refractivity contribution >= 4 is 33.7 Å². The van der Waals surface area contributed by atoms with E-state index in [0.717, 1.165) is 28.2 Å². The van der Waals surface area contributed by atoms with Gasteiger partial charge in [0.2, 0.25) is 18.1 Å². The number of hydrogen-bond donors (Lipinski definition) is 2. The van der Waals surface area contributed by atoms with E-state index in [9.17, 15) is 20.0 Å². The number of nitrogens with zero attached hydrogens (tertiary/aromatic N) is 4. The van der Waals surface area contributed by atoms with Gasteiger partial charge < -0.3 is 29.4 Å². The summed E-state index contributed by atoms with van der Waals surface area (Å²) in [5, 5.41) is 32.8. The maximum Gasteiger partial charge on any atom is 0.281 e. The lowest BCUT2D eigenvalue weighted by atomic mass is 10.0. The number of azo groups is 1. The summed E-state index contributed by atoms with van der Waals surface area (Å²) in [6.07, 6.45) is 13.9. The summed E-state index contributed by atoms with van der Waals surface area (Å²) in [5.41, 5.74) is 1.27. The largest absolute Gasteiger partial charge is 0.493 e. The third-order valence-corrected chi connectivity index (χ3v) is 10.1. The van der Waals surface area contributed by atoms with Gasteiger partial charge in [0.25, 0.3) is 5.56 Å². The molecule has 1 amide bonds. The highest BCUT2D eigenvalue weighted by Crippen LogP contribution is 2.35. The third kappa shape index (κ3) is 13.5. The predicted molar refractivity (Wildman–Crippen MR) is 223 cm³/mol. The average molecular weight is 782 g/mol. The number of nitriles is 1. The highest BCUT2D eigenvalue weighted by molar-refractivity contribution is 5.97. The number of anilines is 1. The molecule has 0 bridgehead atoms. The molecule has 1 heterocycles. The minimum Gasteiger partial charge on any atom is -0.493 e. The lowest BCUT2D eigenvalue weighted by Crippen LogP contribution is -2.18. The zero-order valence-electron chi connectivity index (χ0n) is 34.2. The molecule has 306 valence electrons. The molecule has 12 heteroatoms. The van der Waals surface area contributed by atoms with Gasteiger partial charge in [0.15, 0.2) is 12.5 Å². The van der Waals surface area contributed by atoms with Crippen molar-refractivity contribution < 1.29 is 28.8 Å². The van der Waals surface area contributed by atoms with Crippen molar-refractivity contribution in [2.45, 2.75) is 117 Å². The molecule has 0 fully saturated rings. The van der Waals surface area contributed by atoms with E-state index in [1.54, 1.807) is 37.4 Å². The van der Waals surface area contributed by atoms with Crippen molar-refractivity contribution in [2.24, 2.45) is 17.3 Å². The Morgan fingerprint density at radius 2 is 1.61 bits per heavy atom. The van der Waals surface area contributed by atoms with Gasteiger partial charge in [-0.05, 0) is 50.3 Å². The number of rotatable bonds is 25. The number of aromatic hydroxyl groups is 1. The molecule has 4 aromatic rings. The Balaban J connectivity index is 1.41. The summed E-state index contributed by atoms with van der Waals surface area (Å²) < 4.78 is 24.8. The Morgan fingerprint density at radius 3 is 2.28 bits per heavy atom. The molecule has 2 atom stereocenters. The molecule has 0 aliphatic heterocycles. The Morgan fingerprint density at radius 1 is 0.930 bits per heavy atom. The second kappa shape index (κ2) is 23.9. The van der Waals surface area contributed by atoms with Crippen LogP contribution in [0, 0.1) is 18.3 Å². The van der Waals surface area contributed by atoms with Gasteiger partial charge >= 0.3 is 0 Å². The summed E-state index contributed by atoms with van der Waals surface area (Å²) in [4.78, 5) is 26.0. The molecule has 3 aromatic carbocycles. The minimum atomic E-state index is -0.894. The molecular weight excluding hydrogens is 723 g/mol. The first-order valence-electron chi connectivity index (χ1n) is 20.3. The fourth-order valence-electron chi connectivity index (χ4n) is 6.63. The molecule has 12 nitrogen and oxygen atoms in total. The van der Waals surface area contributed by atoms with Crippen LogP contribution >= 0.6 is 0 Å². The SMILES string of the molecule is CCCCCCCCCCCCC(CCC(=O)Nc1cc(OC(OCOCC)c2ccc(N=Nc3c(C)c(C#N)c(O)n(C)c3=O)cc2)c2ccccc2c1)OC. The van der Waals surface area contributed by atoms with Crippen LogP contribution in [0.15, 0.2) is 75.7 Å². The number of hydrogen-bond acceptors (Lipinski definition) is 10. The number of methoxy groups -OCH3 is 1. The number of ether oxygens (including phenoxy) is 4. The third-order valence-electron chi connectivity index (χ3n) is 10.1. The number of nitrogens with one attached hydrogen (secondary N) is 1. The molecule has 2 N–H and O–H groups in total. The zero-order valence-corrected chi connectivity index (χ0v) is 34.2. The monoisotopic (exact) mass is 781 g/mol. The van der Waals surface area contributed by atoms with Crippen LogP contribution in [-0.4, -0.2) is 42.2 Å². The summed E-state index contributed by atoms with van der Waals surface area (Å²) in [5.74, 6) is -0.0110. The summed E-state index contributed by atoms with van der Waals surface area (Å²) >= 11 is 0. The minimum absolute atomic E-state index is 0.0264. The Hall–Kier alpha value is -5.09. The number of benzene rings is 3. The van der Waals surface area contributed by atoms with E-state index in [1.807, 2.05) is 43.3 Å². The lowest BCUT2D eigenvalue weighted by Gasteiger charge is -2.22. The van der Waals surface area contributed by atoms with E-state index in [0.29, 0.717) is 42.1 Å². The van der Waals surface area contributed by atoms with Crippen LogP contribution in [0.25, 0.3) is 10.8 Å². The average Bonchev–Trinajstić information content (AvgIpc) is 3.22. The standard InChI is InChI=1S/C45H59N5O7/c1-6-8-9-10-11-12-13-14-15-16-20-37(54-5)26-27-41(51)47-36-28-34-19-17-18-21-38(34)40(29-36)57-45(56-31-55-7-2)33-22-24-35(25-23-33)48-49-42-32(3)39(30-46)43(52)50(4)44(42)53/h17-19,21-25,28-29,37,45,52H,6-16,20,26-27,31H2,1-5H3,(H,47,51). The molecular formula is C45H59N5O7. The highest BCUT2D eigenvalue weighted by atomic mass is 16.7. The number of amides is 1. The van der Waals surface area contributed by atoms with Crippen molar-refractivity contribution in [3.05, 3.63) is 87.7 Å². The van der Waals surface area contributed by atoms with Crippen LogP contribution in [0.4, 0.5) is 17.1 Å². The molecule has 2 unspecified atom stereocenters. The Bertz CT molecular complexity index is 2000. The molecule has 0 spiro atoms. The van der Waals surface area contributed by atoms with Gasteiger partial charge in [0.1, 0.15) is 17.4 Å². The van der Waals surface area contributed by atoms with Crippen LogP contribution in [0.1, 0.15) is 120 Å². The van der Waals surface area contributed by atoms with Crippen molar-refractivity contribution in [2.75, 3.05) is 25.8 Å². The second-order valence-corrected chi connectivity index (χ2v) is 14.3. The van der Waals surface area contributed by atoms with Crippen LogP contribution in [0.2, 0.25) is 0 Å². The second-order valence-electron chi connectivity index (χ2n) is 14.3. The van der Waals surface area contributed by atoms with Gasteiger partial charge in [-0.2, -0.15) is 10.4 Å². The van der Waals surface area contributed by atoms with E-state index in [2.05, 4.69) is 22.5 Å². The lowest BCUT2D eigenvalue weighted by molar-refractivity contribution is -0.158. The van der Waals surface area contributed by atoms with E-state index < -0.39 is 17.7 Å². The van der Waals surface area contributed by atoms with E-state index in [1.165, 1.54) is 71.8 Å². The van der Waals surface area contributed by atoms with Crippen LogP contribution in [0.3, 0.4) is 0 Å². The number of fused-ring (bicyclic) bond motifs is 1. The van der Waals surface area contributed by atoms with Crippen LogP contribution in [-0.2, 0) is 26.1 Å². The molecule has 57 heavy (non-hydrogen) atoms. The van der Waals surface area contributed by atoms with E-state index >= 15 is 0 Å². The Kier molecular flexibility index (Phi) is 18.7. The first-order chi connectivity index (χ1) is 27.7. The molecule has 0 aliphatic rings. The first-order valence-corrected chi connectivity index (χ1v) is 20.3. The fraction of sp³-hybridized carbons (Fsp3) is 0.489.